The average molecular weight is 847 g/mol. The standard InChI is InChI=1S/2C18H21N3O7S/c1-9-19-11(8-29-9)13(12(22)7-10-14(23)21-27-15(10)24)20-28-18(5-6-18)16(25)26-17(2,3)4;1-10-19-11(9-29-10)14(15(24)27-21-12(22)5-6-13(21)23)20-28-18(7-8-18)16(25)26-17(2,3)4/h8,10H,5-7H2,1-4H3,(H,21,23);9H,5-8H2,1-4H3/b20-13-;20-14-/t10-;/m1./s1. The number of nitrogens with zero attached hydrogens (tertiary/aromatic N) is 5. The molecular formula is C36H42N6O14S2. The number of carbonyl (C=O) groups excluding carboxylic acids is 8. The maximum atomic E-state index is 12.8. The summed E-state index contributed by atoms with van der Waals surface area (Å²) < 4.78 is 10.7. The SMILES string of the molecule is Cc1nc(/C(=N/OC2(C(=O)OC(C)(C)C)CC2)C(=O)C[C@@H]2C(=O)NOC2=O)cs1.Cc1nc(/C(=N/OC2(C(=O)OC(C)(C)C)CC2)C(=O)ON2C(=O)CCC2=O)cs1. The molecule has 3 amide bonds. The van der Waals surface area contributed by atoms with Gasteiger partial charge in [-0.25, -0.2) is 29.1 Å². The first-order chi connectivity index (χ1) is 27.0. The van der Waals surface area contributed by atoms with Crippen molar-refractivity contribution in [3.63, 3.8) is 0 Å². The summed E-state index contributed by atoms with van der Waals surface area (Å²) in [5.74, 6) is -6.91. The lowest BCUT2D eigenvalue weighted by molar-refractivity contribution is -0.192. The topological polar surface area (TPSA) is 258 Å². The van der Waals surface area contributed by atoms with Gasteiger partial charge in [0.05, 0.1) is 10.0 Å². The minimum atomic E-state index is -1.27. The Labute approximate surface area is 339 Å². The Bertz CT molecular complexity index is 1910. The van der Waals surface area contributed by atoms with Gasteiger partial charge in [0.25, 0.3) is 17.7 Å². The lowest BCUT2D eigenvalue weighted by Gasteiger charge is -2.22. The Kier molecular flexibility index (Phi) is 12.5. The van der Waals surface area contributed by atoms with Crippen LogP contribution in [0.25, 0.3) is 0 Å². The molecule has 2 aromatic heterocycles. The van der Waals surface area contributed by atoms with Gasteiger partial charge in [0, 0.05) is 55.7 Å². The molecule has 0 unspecified atom stereocenters. The van der Waals surface area contributed by atoms with Crippen LogP contribution in [-0.4, -0.2) is 96.2 Å². The first kappa shape index (κ1) is 43.5. The number of Topliss-reactive ketones (excluding diaryl/α,β-unsaturated/α-hetero) is 1. The number of thiazole rings is 2. The normalized spacial score (nSPS) is 19.7. The van der Waals surface area contributed by atoms with Gasteiger partial charge in [0.1, 0.15) is 28.5 Å². The van der Waals surface area contributed by atoms with Crippen molar-refractivity contribution >= 4 is 81.5 Å². The van der Waals surface area contributed by atoms with Crippen molar-refractivity contribution in [2.75, 3.05) is 0 Å². The van der Waals surface area contributed by atoms with Crippen molar-refractivity contribution in [3.8, 4) is 0 Å². The van der Waals surface area contributed by atoms with E-state index in [1.807, 2.05) is 5.48 Å². The minimum Gasteiger partial charge on any atom is -0.457 e. The molecule has 2 saturated carbocycles. The number of nitrogens with one attached hydrogen (secondary N) is 1. The number of hydrogen-bond acceptors (Lipinski definition) is 20. The van der Waals surface area contributed by atoms with E-state index in [-0.39, 0.29) is 35.7 Å². The summed E-state index contributed by atoms with van der Waals surface area (Å²) in [4.78, 5) is 126. The van der Waals surface area contributed by atoms with Crippen molar-refractivity contribution < 1.29 is 67.2 Å². The summed E-state index contributed by atoms with van der Waals surface area (Å²) in [5.41, 5.74) is -2.12. The van der Waals surface area contributed by atoms with Crippen LogP contribution in [0.3, 0.4) is 0 Å². The van der Waals surface area contributed by atoms with Crippen molar-refractivity contribution in [1.82, 2.24) is 20.5 Å². The molecule has 2 aromatic rings. The zero-order valence-corrected chi connectivity index (χ0v) is 34.6. The molecule has 0 bridgehead atoms. The van der Waals surface area contributed by atoms with Gasteiger partial charge >= 0.3 is 23.9 Å². The number of esters is 2. The van der Waals surface area contributed by atoms with Gasteiger partial charge in [-0.3, -0.25) is 19.2 Å². The fraction of sp³-hybridized carbons (Fsp3) is 0.556. The summed E-state index contributed by atoms with van der Waals surface area (Å²) in [6.07, 6.45) is 1.04. The first-order valence-electron chi connectivity index (χ1n) is 18.0. The van der Waals surface area contributed by atoms with Gasteiger partial charge in [-0.1, -0.05) is 10.3 Å². The second-order valence-electron chi connectivity index (χ2n) is 15.6. The van der Waals surface area contributed by atoms with Gasteiger partial charge in [-0.15, -0.1) is 27.7 Å². The van der Waals surface area contributed by atoms with Crippen LogP contribution < -0.4 is 5.48 Å². The van der Waals surface area contributed by atoms with Crippen LogP contribution in [0.1, 0.15) is 108 Å². The number of oxime groups is 2. The van der Waals surface area contributed by atoms with Crippen molar-refractivity contribution in [2.24, 2.45) is 16.2 Å². The molecule has 4 heterocycles. The molecule has 312 valence electrons. The first-order valence-corrected chi connectivity index (χ1v) is 19.7. The van der Waals surface area contributed by atoms with Crippen molar-refractivity contribution in [3.05, 3.63) is 32.2 Å². The highest BCUT2D eigenvalue weighted by Crippen LogP contribution is 2.43. The summed E-state index contributed by atoms with van der Waals surface area (Å²) in [6.45, 7) is 13.9. The van der Waals surface area contributed by atoms with E-state index in [2.05, 4.69) is 25.1 Å². The van der Waals surface area contributed by atoms with Crippen LogP contribution >= 0.6 is 22.7 Å². The maximum Gasteiger partial charge on any atom is 0.387 e. The molecule has 0 spiro atoms. The van der Waals surface area contributed by atoms with Crippen LogP contribution in [0, 0.1) is 19.8 Å². The number of hydroxylamine groups is 3. The highest BCUT2D eigenvalue weighted by atomic mass is 32.1. The highest BCUT2D eigenvalue weighted by Gasteiger charge is 2.57. The average Bonchev–Trinajstić information content (AvgIpc) is 3.93. The van der Waals surface area contributed by atoms with E-state index in [1.54, 1.807) is 66.2 Å². The summed E-state index contributed by atoms with van der Waals surface area (Å²) in [6, 6.07) is 0. The van der Waals surface area contributed by atoms with Gasteiger partial charge < -0.3 is 28.8 Å². The molecule has 58 heavy (non-hydrogen) atoms. The van der Waals surface area contributed by atoms with Crippen molar-refractivity contribution in [2.45, 2.75) is 123 Å². The second kappa shape index (κ2) is 16.7. The minimum absolute atomic E-state index is 0.0351. The molecule has 22 heteroatoms. The Morgan fingerprint density at radius 3 is 1.62 bits per heavy atom. The quantitative estimate of drug-likeness (QED) is 0.0759. The van der Waals surface area contributed by atoms with E-state index < -0.39 is 82.1 Å². The van der Waals surface area contributed by atoms with Crippen LogP contribution in [-0.2, 0) is 67.2 Å². The molecule has 0 radical (unpaired) electrons. The third-order valence-corrected chi connectivity index (χ3v) is 9.72. The fourth-order valence-electron chi connectivity index (χ4n) is 4.87. The molecule has 0 aromatic carbocycles. The Hall–Kier alpha value is -5.64. The third kappa shape index (κ3) is 10.8. The lowest BCUT2D eigenvalue weighted by Crippen LogP contribution is -2.36. The number of amides is 3. The summed E-state index contributed by atoms with van der Waals surface area (Å²) in [7, 11) is 0. The van der Waals surface area contributed by atoms with Crippen molar-refractivity contribution in [1.29, 1.82) is 0 Å². The fourth-order valence-corrected chi connectivity index (χ4v) is 6.06. The molecule has 20 nitrogen and oxygen atoms in total. The molecule has 4 aliphatic rings. The molecule has 4 fully saturated rings. The van der Waals surface area contributed by atoms with Gasteiger partial charge in [-0.2, -0.15) is 5.48 Å². The molecule has 6 rings (SSSR count). The van der Waals surface area contributed by atoms with Gasteiger partial charge in [0.15, 0.2) is 11.5 Å². The Balaban J connectivity index is 0.000000221. The number of ether oxygens (including phenoxy) is 2. The van der Waals surface area contributed by atoms with E-state index in [0.29, 0.717) is 40.8 Å². The number of hydrogen-bond donors (Lipinski definition) is 1. The predicted molar refractivity (Wildman–Crippen MR) is 199 cm³/mol. The number of carbonyl (C=O) groups is 8. The van der Waals surface area contributed by atoms with E-state index in [1.165, 1.54) is 22.7 Å². The Morgan fingerprint density at radius 2 is 1.24 bits per heavy atom. The molecule has 2 aliphatic carbocycles. The van der Waals surface area contributed by atoms with Crippen LogP contribution in [0.5, 0.6) is 0 Å². The number of aromatic nitrogens is 2. The van der Waals surface area contributed by atoms with E-state index >= 15 is 0 Å². The zero-order chi connectivity index (χ0) is 42.8. The predicted octanol–water partition coefficient (Wildman–Crippen LogP) is 2.86. The largest absolute Gasteiger partial charge is 0.457 e. The van der Waals surface area contributed by atoms with Crippen LogP contribution in [0.4, 0.5) is 0 Å². The number of imide groups is 1. The van der Waals surface area contributed by atoms with E-state index in [4.69, 9.17) is 24.0 Å². The Morgan fingerprint density at radius 1 is 0.793 bits per heavy atom. The smallest absolute Gasteiger partial charge is 0.387 e. The summed E-state index contributed by atoms with van der Waals surface area (Å²) >= 11 is 2.56. The molecular weight excluding hydrogens is 805 g/mol. The highest BCUT2D eigenvalue weighted by molar-refractivity contribution is 7.10. The second-order valence-corrected chi connectivity index (χ2v) is 17.7. The summed E-state index contributed by atoms with van der Waals surface area (Å²) in [5, 5.41) is 12.6. The third-order valence-electron chi connectivity index (χ3n) is 8.18. The zero-order valence-electron chi connectivity index (χ0n) is 32.9. The van der Waals surface area contributed by atoms with E-state index in [0.717, 1.165) is 0 Å². The maximum absolute atomic E-state index is 12.8. The monoisotopic (exact) mass is 846 g/mol. The van der Waals surface area contributed by atoms with Gasteiger partial charge in [0.2, 0.25) is 16.9 Å². The molecule has 2 aliphatic heterocycles. The lowest BCUT2D eigenvalue weighted by atomic mass is 9.99. The molecule has 1 N–H and O–H groups in total. The van der Waals surface area contributed by atoms with Crippen LogP contribution in [0.2, 0.25) is 0 Å². The van der Waals surface area contributed by atoms with Crippen LogP contribution in [0.15, 0.2) is 21.1 Å². The van der Waals surface area contributed by atoms with E-state index in [9.17, 15) is 38.4 Å². The molecule has 1 atom stereocenters. The molecule has 2 saturated heterocycles. The number of rotatable bonds is 13. The number of aryl methyl sites for hydroxylation is 2. The van der Waals surface area contributed by atoms with Gasteiger partial charge in [-0.05, 0) is 55.4 Å². The number of ketones is 1.